The van der Waals surface area contributed by atoms with Crippen molar-refractivity contribution in [2.24, 2.45) is 7.05 Å². The lowest BCUT2D eigenvalue weighted by atomic mass is 10.2. The third-order valence-electron chi connectivity index (χ3n) is 8.14. The number of carbonyl (C=O) groups is 1. The highest BCUT2D eigenvalue weighted by molar-refractivity contribution is 7.92. The third-order valence-corrected chi connectivity index (χ3v) is 9.57. The van der Waals surface area contributed by atoms with Crippen LogP contribution < -0.4 is 14.2 Å². The number of nitriles is 1. The Bertz CT molecular complexity index is 2160. The van der Waals surface area contributed by atoms with Gasteiger partial charge in [-0.1, -0.05) is 24.3 Å². The van der Waals surface area contributed by atoms with Gasteiger partial charge in [-0.3, -0.25) is 14.4 Å². The molecule has 6 rings (SSSR count). The molecule has 11 nitrogen and oxygen atoms in total. The van der Waals surface area contributed by atoms with Crippen molar-refractivity contribution in [1.29, 1.82) is 5.26 Å². The number of rotatable bonds is 10. The van der Waals surface area contributed by atoms with Gasteiger partial charge in [-0.2, -0.15) is 18.4 Å². The van der Waals surface area contributed by atoms with Crippen molar-refractivity contribution >= 4 is 32.5 Å². The van der Waals surface area contributed by atoms with E-state index in [1.54, 1.807) is 42.3 Å². The van der Waals surface area contributed by atoms with Gasteiger partial charge >= 0.3 is 6.18 Å². The van der Waals surface area contributed by atoms with E-state index in [4.69, 9.17) is 9.47 Å². The monoisotopic (exact) mass is 704 g/mol. The molecule has 1 amide bonds. The van der Waals surface area contributed by atoms with Gasteiger partial charge < -0.3 is 18.9 Å². The highest BCUT2D eigenvalue weighted by Gasteiger charge is 2.28. The number of aromatic nitrogens is 2. The van der Waals surface area contributed by atoms with E-state index in [-0.39, 0.29) is 33.7 Å². The quantitative estimate of drug-likeness (QED) is 0.189. The number of alkyl halides is 3. The summed E-state index contributed by atoms with van der Waals surface area (Å²) < 4.78 is 77.8. The third kappa shape index (κ3) is 7.99. The van der Waals surface area contributed by atoms with E-state index < -0.39 is 22.8 Å². The minimum Gasteiger partial charge on any atom is -0.484 e. The number of benzene rings is 3. The van der Waals surface area contributed by atoms with E-state index in [9.17, 15) is 31.6 Å². The van der Waals surface area contributed by atoms with Gasteiger partial charge in [0.2, 0.25) is 5.88 Å². The van der Waals surface area contributed by atoms with Gasteiger partial charge in [0, 0.05) is 57.3 Å². The van der Waals surface area contributed by atoms with Crippen LogP contribution in [0.2, 0.25) is 0 Å². The lowest BCUT2D eigenvalue weighted by Gasteiger charge is -2.34. The highest BCUT2D eigenvalue weighted by atomic mass is 32.2. The zero-order valence-corrected chi connectivity index (χ0v) is 27.5. The second-order valence-electron chi connectivity index (χ2n) is 11.6. The van der Waals surface area contributed by atoms with Gasteiger partial charge in [-0.15, -0.1) is 0 Å². The number of nitrogens with one attached hydrogen (secondary N) is 1. The van der Waals surface area contributed by atoms with Crippen molar-refractivity contribution in [3.05, 3.63) is 108 Å². The van der Waals surface area contributed by atoms with Gasteiger partial charge in [0.15, 0.2) is 6.61 Å². The van der Waals surface area contributed by atoms with Crippen LogP contribution in [0.4, 0.5) is 18.9 Å². The summed E-state index contributed by atoms with van der Waals surface area (Å²) >= 11 is 0. The SMILES string of the molecule is Cn1c(C(=O)N2CCN(Cc3ccc(OCC(F)(F)F)cc3)CC2)cc2ccc(Oc3ccc(NS(=O)(=O)c4ccccc4C#N)cn3)cc21. The van der Waals surface area contributed by atoms with E-state index in [0.717, 1.165) is 16.5 Å². The molecule has 2 aromatic heterocycles. The number of anilines is 1. The average Bonchev–Trinajstić information content (AvgIpc) is 3.43. The molecule has 258 valence electrons. The fourth-order valence-electron chi connectivity index (χ4n) is 5.59. The largest absolute Gasteiger partial charge is 0.484 e. The zero-order valence-electron chi connectivity index (χ0n) is 26.7. The van der Waals surface area contributed by atoms with E-state index in [0.29, 0.717) is 44.2 Å². The fraction of sp³-hybridized carbons (Fsp3) is 0.229. The second-order valence-corrected chi connectivity index (χ2v) is 13.3. The Morgan fingerprint density at radius 3 is 2.36 bits per heavy atom. The van der Waals surface area contributed by atoms with E-state index >= 15 is 0 Å². The van der Waals surface area contributed by atoms with Crippen LogP contribution >= 0.6 is 0 Å². The molecule has 50 heavy (non-hydrogen) atoms. The maximum atomic E-state index is 13.5. The number of carbonyl (C=O) groups excluding carboxylic acids is 1. The molecule has 0 bridgehead atoms. The molecule has 1 aliphatic rings. The molecule has 0 unspecified atom stereocenters. The first-order valence-electron chi connectivity index (χ1n) is 15.4. The van der Waals surface area contributed by atoms with Gasteiger partial charge in [0.25, 0.3) is 15.9 Å². The van der Waals surface area contributed by atoms with E-state index in [1.165, 1.54) is 48.7 Å². The molecule has 3 aromatic carbocycles. The first kappa shape index (κ1) is 34.3. The first-order chi connectivity index (χ1) is 23.9. The number of aryl methyl sites for hydroxylation is 1. The Balaban J connectivity index is 1.05. The number of hydrogen-bond acceptors (Lipinski definition) is 8. The lowest BCUT2D eigenvalue weighted by Crippen LogP contribution is -2.48. The van der Waals surface area contributed by atoms with Gasteiger partial charge in [0.1, 0.15) is 28.2 Å². The number of halogens is 3. The summed E-state index contributed by atoms with van der Waals surface area (Å²) in [5.74, 6) is 0.743. The van der Waals surface area contributed by atoms with Crippen molar-refractivity contribution in [2.75, 3.05) is 37.5 Å². The number of pyridine rings is 1. The van der Waals surface area contributed by atoms with Crippen LogP contribution in [-0.2, 0) is 23.6 Å². The summed E-state index contributed by atoms with van der Waals surface area (Å²) in [5.41, 5.74) is 2.45. The predicted octanol–water partition coefficient (Wildman–Crippen LogP) is 5.94. The Labute approximate surface area is 286 Å². The van der Waals surface area contributed by atoms with Gasteiger partial charge in [0.05, 0.1) is 23.0 Å². The standard InChI is InChI=1S/C35H31F3N6O5S/c1-42-30-19-29(49-33-13-9-27(21-40-33)41-50(46,47)32-5-3-2-4-26(32)20-39)12-8-25(30)18-31(42)34(45)44-16-14-43(15-17-44)22-24-6-10-28(11-7-24)48-23-35(36,37)38/h2-13,18-19,21,41H,14-17,22-23H2,1H3. The van der Waals surface area contributed by atoms with E-state index in [2.05, 4.69) is 14.6 Å². The molecule has 5 aromatic rings. The van der Waals surface area contributed by atoms with Gasteiger partial charge in [-0.25, -0.2) is 13.4 Å². The molecule has 0 spiro atoms. The van der Waals surface area contributed by atoms with Crippen LogP contribution in [0.15, 0.2) is 96.0 Å². The Morgan fingerprint density at radius 2 is 1.68 bits per heavy atom. The Hall–Kier alpha value is -5.59. The van der Waals surface area contributed by atoms with E-state index in [1.807, 2.05) is 22.8 Å². The molecule has 0 atom stereocenters. The minimum absolute atomic E-state index is 0.0254. The van der Waals surface area contributed by atoms with Crippen LogP contribution in [0, 0.1) is 11.3 Å². The number of nitrogens with zero attached hydrogens (tertiary/aromatic N) is 5. The lowest BCUT2D eigenvalue weighted by molar-refractivity contribution is -0.153. The second kappa shape index (κ2) is 14.1. The molecular weight excluding hydrogens is 673 g/mol. The molecule has 1 aliphatic heterocycles. The zero-order chi connectivity index (χ0) is 35.5. The number of hydrogen-bond donors (Lipinski definition) is 1. The number of piperazine rings is 1. The minimum atomic E-state index is -4.39. The molecular formula is C35H31F3N6O5S. The topological polar surface area (TPSA) is 130 Å². The van der Waals surface area contributed by atoms with Crippen LogP contribution in [0.3, 0.4) is 0 Å². The number of amides is 1. The molecule has 0 saturated carbocycles. The molecule has 1 fully saturated rings. The normalized spacial score (nSPS) is 13.9. The van der Waals surface area contributed by atoms with Crippen molar-refractivity contribution in [1.82, 2.24) is 19.4 Å². The van der Waals surface area contributed by atoms with Gasteiger partial charge in [-0.05, 0) is 54.1 Å². The predicted molar refractivity (Wildman–Crippen MR) is 178 cm³/mol. The number of ether oxygens (including phenoxy) is 2. The summed E-state index contributed by atoms with van der Waals surface area (Å²) in [5, 5.41) is 10.1. The Kier molecular flexibility index (Phi) is 9.67. The summed E-state index contributed by atoms with van der Waals surface area (Å²) in [7, 11) is -2.21. The average molecular weight is 705 g/mol. The van der Waals surface area contributed by atoms with Crippen LogP contribution in [0.5, 0.6) is 17.4 Å². The van der Waals surface area contributed by atoms with Crippen molar-refractivity contribution in [3.63, 3.8) is 0 Å². The summed E-state index contributed by atoms with van der Waals surface area (Å²) in [4.78, 5) is 21.6. The molecule has 1 N–H and O–H groups in total. The van der Waals surface area contributed by atoms with Crippen LogP contribution in [0.1, 0.15) is 21.6 Å². The number of fused-ring (bicyclic) bond motifs is 1. The smallest absolute Gasteiger partial charge is 0.422 e. The van der Waals surface area contributed by atoms with Crippen LogP contribution in [-0.4, -0.2) is 72.6 Å². The highest BCUT2D eigenvalue weighted by Crippen LogP contribution is 2.29. The Morgan fingerprint density at radius 1 is 0.960 bits per heavy atom. The summed E-state index contributed by atoms with van der Waals surface area (Å²) in [6.07, 6.45) is -3.08. The van der Waals surface area contributed by atoms with Crippen molar-refractivity contribution < 1.29 is 35.9 Å². The molecule has 1 saturated heterocycles. The fourth-order valence-corrected chi connectivity index (χ4v) is 6.79. The summed E-state index contributed by atoms with van der Waals surface area (Å²) in [6, 6.07) is 24.5. The van der Waals surface area contributed by atoms with Crippen molar-refractivity contribution in [3.8, 4) is 23.4 Å². The summed E-state index contributed by atoms with van der Waals surface area (Å²) in [6.45, 7) is 1.58. The maximum Gasteiger partial charge on any atom is 0.422 e. The number of sulfonamides is 1. The first-order valence-corrected chi connectivity index (χ1v) is 16.9. The molecule has 15 heteroatoms. The maximum absolute atomic E-state index is 13.5. The molecule has 0 aliphatic carbocycles. The van der Waals surface area contributed by atoms with Crippen molar-refractivity contribution in [2.45, 2.75) is 17.6 Å². The molecule has 0 radical (unpaired) electrons. The molecule has 3 heterocycles. The van der Waals surface area contributed by atoms with Crippen LogP contribution in [0.25, 0.3) is 10.9 Å².